The molecule has 1 aromatic carbocycles. The SMILES string of the molecule is CNC(Cc1ccc(F)cc1)CN(C)C. The van der Waals surface area contributed by atoms with Gasteiger partial charge in [0.25, 0.3) is 0 Å². The van der Waals surface area contributed by atoms with Gasteiger partial charge in [0.1, 0.15) is 5.82 Å². The van der Waals surface area contributed by atoms with Crippen LogP contribution in [-0.2, 0) is 6.42 Å². The molecule has 3 heteroatoms. The fourth-order valence-electron chi connectivity index (χ4n) is 1.60. The van der Waals surface area contributed by atoms with Gasteiger partial charge in [-0.25, -0.2) is 4.39 Å². The molecular formula is C12H19FN2. The summed E-state index contributed by atoms with van der Waals surface area (Å²) in [5.41, 5.74) is 1.16. The van der Waals surface area contributed by atoms with E-state index in [1.807, 2.05) is 19.2 Å². The Balaban J connectivity index is 2.54. The normalized spacial score (nSPS) is 13.1. The van der Waals surface area contributed by atoms with Crippen molar-refractivity contribution >= 4 is 0 Å². The molecule has 0 aliphatic heterocycles. The number of hydrogen-bond donors (Lipinski definition) is 1. The van der Waals surface area contributed by atoms with E-state index < -0.39 is 0 Å². The molecule has 0 aromatic heterocycles. The standard InChI is InChI=1S/C12H19FN2/c1-14-12(9-15(2)3)8-10-4-6-11(13)7-5-10/h4-7,12,14H,8-9H2,1-3H3. The van der Waals surface area contributed by atoms with Gasteiger partial charge < -0.3 is 10.2 Å². The lowest BCUT2D eigenvalue weighted by molar-refractivity contribution is 0.346. The van der Waals surface area contributed by atoms with Gasteiger partial charge >= 0.3 is 0 Å². The molecule has 0 saturated carbocycles. The van der Waals surface area contributed by atoms with E-state index in [0.717, 1.165) is 18.5 Å². The Morgan fingerprint density at radius 1 is 1.27 bits per heavy atom. The molecule has 0 amide bonds. The van der Waals surface area contributed by atoms with Crippen molar-refractivity contribution in [3.63, 3.8) is 0 Å². The fraction of sp³-hybridized carbons (Fsp3) is 0.500. The number of nitrogens with one attached hydrogen (secondary N) is 1. The molecule has 1 unspecified atom stereocenters. The van der Waals surface area contributed by atoms with Crippen LogP contribution in [-0.4, -0.2) is 38.6 Å². The number of benzene rings is 1. The number of nitrogens with zero attached hydrogens (tertiary/aromatic N) is 1. The van der Waals surface area contributed by atoms with E-state index >= 15 is 0 Å². The zero-order valence-corrected chi connectivity index (χ0v) is 9.63. The Morgan fingerprint density at radius 3 is 2.33 bits per heavy atom. The van der Waals surface area contributed by atoms with Crippen LogP contribution >= 0.6 is 0 Å². The Morgan fingerprint density at radius 2 is 1.87 bits per heavy atom. The van der Waals surface area contributed by atoms with Gasteiger partial charge in [0.05, 0.1) is 0 Å². The first kappa shape index (κ1) is 12.1. The molecule has 0 fully saturated rings. The van der Waals surface area contributed by atoms with Crippen LogP contribution in [0.3, 0.4) is 0 Å². The molecule has 1 N–H and O–H groups in total. The van der Waals surface area contributed by atoms with Crippen LogP contribution in [0.15, 0.2) is 24.3 Å². The van der Waals surface area contributed by atoms with Gasteiger partial charge in [-0.2, -0.15) is 0 Å². The summed E-state index contributed by atoms with van der Waals surface area (Å²) in [5.74, 6) is -0.174. The Bertz CT molecular complexity index is 282. The molecule has 0 spiro atoms. The third-order valence-corrected chi connectivity index (χ3v) is 2.39. The van der Waals surface area contributed by atoms with Gasteiger partial charge in [0.2, 0.25) is 0 Å². The lowest BCUT2D eigenvalue weighted by Crippen LogP contribution is -2.37. The summed E-state index contributed by atoms with van der Waals surface area (Å²) in [6.45, 7) is 0.980. The minimum absolute atomic E-state index is 0.174. The third-order valence-electron chi connectivity index (χ3n) is 2.39. The van der Waals surface area contributed by atoms with E-state index in [2.05, 4.69) is 24.3 Å². The predicted octanol–water partition coefficient (Wildman–Crippen LogP) is 1.52. The molecule has 0 saturated heterocycles. The molecule has 84 valence electrons. The zero-order valence-electron chi connectivity index (χ0n) is 9.63. The lowest BCUT2D eigenvalue weighted by Gasteiger charge is -2.20. The second kappa shape index (κ2) is 5.83. The van der Waals surface area contributed by atoms with E-state index in [0.29, 0.717) is 6.04 Å². The van der Waals surface area contributed by atoms with Crippen molar-refractivity contribution in [2.45, 2.75) is 12.5 Å². The third kappa shape index (κ3) is 4.40. The Hall–Kier alpha value is -0.930. The van der Waals surface area contributed by atoms with Crippen LogP contribution < -0.4 is 5.32 Å². The van der Waals surface area contributed by atoms with Gasteiger partial charge in [0, 0.05) is 12.6 Å². The van der Waals surface area contributed by atoms with Crippen molar-refractivity contribution in [1.29, 1.82) is 0 Å². The van der Waals surface area contributed by atoms with Gasteiger partial charge in [0.15, 0.2) is 0 Å². The second-order valence-electron chi connectivity index (χ2n) is 4.08. The van der Waals surface area contributed by atoms with Crippen molar-refractivity contribution in [3.8, 4) is 0 Å². The molecule has 0 aliphatic carbocycles. The molecule has 0 aliphatic rings. The molecule has 2 nitrogen and oxygen atoms in total. The summed E-state index contributed by atoms with van der Waals surface area (Å²) in [4.78, 5) is 2.14. The quantitative estimate of drug-likeness (QED) is 0.792. The summed E-state index contributed by atoms with van der Waals surface area (Å²) in [5, 5.41) is 3.26. The number of rotatable bonds is 5. The second-order valence-corrected chi connectivity index (χ2v) is 4.08. The predicted molar refractivity (Wildman–Crippen MR) is 61.5 cm³/mol. The average molecular weight is 210 g/mol. The van der Waals surface area contributed by atoms with Crippen molar-refractivity contribution in [3.05, 3.63) is 35.6 Å². The molecule has 0 radical (unpaired) electrons. The van der Waals surface area contributed by atoms with Gasteiger partial charge in [-0.15, -0.1) is 0 Å². The molecular weight excluding hydrogens is 191 g/mol. The summed E-state index contributed by atoms with van der Waals surface area (Å²) >= 11 is 0. The zero-order chi connectivity index (χ0) is 11.3. The highest BCUT2D eigenvalue weighted by Gasteiger charge is 2.08. The highest BCUT2D eigenvalue weighted by atomic mass is 19.1. The minimum atomic E-state index is -0.174. The molecule has 1 atom stereocenters. The average Bonchev–Trinajstić information content (AvgIpc) is 2.19. The van der Waals surface area contributed by atoms with Crippen LogP contribution in [0, 0.1) is 5.82 Å². The first-order chi connectivity index (χ1) is 7.11. The molecule has 1 aromatic rings. The highest BCUT2D eigenvalue weighted by molar-refractivity contribution is 5.17. The van der Waals surface area contributed by atoms with Gasteiger partial charge in [-0.05, 0) is 45.3 Å². The molecule has 15 heavy (non-hydrogen) atoms. The van der Waals surface area contributed by atoms with E-state index in [9.17, 15) is 4.39 Å². The van der Waals surface area contributed by atoms with E-state index in [-0.39, 0.29) is 5.82 Å². The molecule has 0 heterocycles. The van der Waals surface area contributed by atoms with Crippen LogP contribution in [0.5, 0.6) is 0 Å². The Kier molecular flexibility index (Phi) is 4.72. The maximum atomic E-state index is 12.7. The monoisotopic (exact) mass is 210 g/mol. The van der Waals surface area contributed by atoms with Crippen LogP contribution in [0.4, 0.5) is 4.39 Å². The van der Waals surface area contributed by atoms with E-state index in [4.69, 9.17) is 0 Å². The van der Waals surface area contributed by atoms with Crippen LogP contribution in [0.2, 0.25) is 0 Å². The first-order valence-corrected chi connectivity index (χ1v) is 5.18. The smallest absolute Gasteiger partial charge is 0.123 e. The van der Waals surface area contributed by atoms with Crippen molar-refractivity contribution in [1.82, 2.24) is 10.2 Å². The fourth-order valence-corrected chi connectivity index (χ4v) is 1.60. The summed E-state index contributed by atoms with van der Waals surface area (Å²) in [6.07, 6.45) is 0.926. The van der Waals surface area contributed by atoms with Gasteiger partial charge in [-0.1, -0.05) is 12.1 Å². The van der Waals surface area contributed by atoms with E-state index in [1.165, 1.54) is 12.1 Å². The van der Waals surface area contributed by atoms with Gasteiger partial charge in [-0.3, -0.25) is 0 Å². The maximum absolute atomic E-state index is 12.7. The number of halogens is 1. The highest BCUT2D eigenvalue weighted by Crippen LogP contribution is 2.06. The van der Waals surface area contributed by atoms with Crippen LogP contribution in [0.25, 0.3) is 0 Å². The topological polar surface area (TPSA) is 15.3 Å². The summed E-state index contributed by atoms with van der Waals surface area (Å²) in [6, 6.07) is 7.12. The summed E-state index contributed by atoms with van der Waals surface area (Å²) < 4.78 is 12.7. The van der Waals surface area contributed by atoms with Crippen LogP contribution in [0.1, 0.15) is 5.56 Å². The van der Waals surface area contributed by atoms with Crippen molar-refractivity contribution < 1.29 is 4.39 Å². The maximum Gasteiger partial charge on any atom is 0.123 e. The largest absolute Gasteiger partial charge is 0.315 e. The molecule has 1 rings (SSSR count). The summed E-state index contributed by atoms with van der Waals surface area (Å²) in [7, 11) is 6.06. The lowest BCUT2D eigenvalue weighted by atomic mass is 10.1. The number of likely N-dealkylation sites (N-methyl/N-ethyl adjacent to an activating group) is 2. The first-order valence-electron chi connectivity index (χ1n) is 5.18. The Labute approximate surface area is 91.1 Å². The van der Waals surface area contributed by atoms with Crippen molar-refractivity contribution in [2.75, 3.05) is 27.7 Å². The molecule has 0 bridgehead atoms. The van der Waals surface area contributed by atoms with E-state index in [1.54, 1.807) is 0 Å². The van der Waals surface area contributed by atoms with Crippen molar-refractivity contribution in [2.24, 2.45) is 0 Å². The minimum Gasteiger partial charge on any atom is -0.315 e. The number of hydrogen-bond acceptors (Lipinski definition) is 2.